The first kappa shape index (κ1) is 14.9. The Hall–Kier alpha value is -2.45. The van der Waals surface area contributed by atoms with Gasteiger partial charge in [-0.1, -0.05) is 18.2 Å². The number of nitriles is 1. The normalized spacial score (nSPS) is 11.6. The van der Waals surface area contributed by atoms with E-state index >= 15 is 0 Å². The van der Waals surface area contributed by atoms with Crippen LogP contribution in [0.1, 0.15) is 27.0 Å². The maximum absolute atomic E-state index is 12.3. The Morgan fingerprint density at radius 3 is 2.71 bits per heavy atom. The zero-order valence-corrected chi connectivity index (χ0v) is 12.2. The van der Waals surface area contributed by atoms with Crippen molar-refractivity contribution in [1.82, 2.24) is 0 Å². The van der Waals surface area contributed by atoms with Crippen LogP contribution in [0.2, 0.25) is 0 Å². The molecule has 4 nitrogen and oxygen atoms in total. The van der Waals surface area contributed by atoms with Gasteiger partial charge in [0, 0.05) is 4.90 Å². The molecule has 1 unspecified atom stereocenters. The molecule has 0 aliphatic rings. The van der Waals surface area contributed by atoms with Crippen LogP contribution in [-0.4, -0.2) is 15.3 Å². The quantitative estimate of drug-likeness (QED) is 0.941. The average Bonchev–Trinajstić information content (AvgIpc) is 2.47. The van der Waals surface area contributed by atoms with Crippen molar-refractivity contribution >= 4 is 16.8 Å². The summed E-state index contributed by atoms with van der Waals surface area (Å²) in [5.74, 6) is -0.782. The number of hydrogen-bond donors (Lipinski definition) is 1. The van der Waals surface area contributed by atoms with Crippen LogP contribution in [0.15, 0.2) is 47.4 Å². The molecule has 0 fully saturated rings. The molecule has 0 aliphatic carbocycles. The fourth-order valence-corrected chi connectivity index (χ4v) is 3.06. The first-order valence-corrected chi connectivity index (χ1v) is 7.54. The number of nitrogens with zero attached hydrogens (tertiary/aromatic N) is 1. The first-order valence-electron chi connectivity index (χ1n) is 6.22. The van der Waals surface area contributed by atoms with Crippen LogP contribution in [0.4, 0.5) is 0 Å². The van der Waals surface area contributed by atoms with Gasteiger partial charge in [-0.05, 0) is 42.3 Å². The molecule has 0 aliphatic heterocycles. The maximum Gasteiger partial charge on any atom is 0.335 e. The largest absolute Gasteiger partial charge is 0.478 e. The highest BCUT2D eigenvalue weighted by Gasteiger charge is 2.12. The van der Waals surface area contributed by atoms with Gasteiger partial charge in [0.05, 0.1) is 33.7 Å². The number of carbonyl (C=O) groups is 1. The van der Waals surface area contributed by atoms with Gasteiger partial charge in [0.25, 0.3) is 0 Å². The van der Waals surface area contributed by atoms with Gasteiger partial charge in [-0.3, -0.25) is 4.21 Å². The average molecular weight is 299 g/mol. The number of carboxylic acid groups (broad SMARTS) is 1. The molecule has 0 bridgehead atoms. The number of rotatable bonds is 4. The molecule has 0 radical (unpaired) electrons. The van der Waals surface area contributed by atoms with E-state index in [1.807, 2.05) is 6.07 Å². The van der Waals surface area contributed by atoms with Crippen molar-refractivity contribution < 1.29 is 14.1 Å². The van der Waals surface area contributed by atoms with E-state index < -0.39 is 16.8 Å². The Kier molecular flexibility index (Phi) is 4.51. The fourth-order valence-electron chi connectivity index (χ4n) is 1.94. The number of benzene rings is 2. The summed E-state index contributed by atoms with van der Waals surface area (Å²) in [5, 5.41) is 17.9. The van der Waals surface area contributed by atoms with Crippen molar-refractivity contribution in [3.8, 4) is 6.07 Å². The number of aromatic carboxylic acids is 1. The minimum absolute atomic E-state index is 0.159. The molecule has 21 heavy (non-hydrogen) atoms. The van der Waals surface area contributed by atoms with E-state index in [9.17, 15) is 9.00 Å². The second kappa shape index (κ2) is 6.33. The molecule has 1 atom stereocenters. The summed E-state index contributed by atoms with van der Waals surface area (Å²) in [6.07, 6.45) is 0. The third kappa shape index (κ3) is 3.56. The minimum Gasteiger partial charge on any atom is -0.478 e. The molecule has 0 aromatic heterocycles. The predicted octanol–water partition coefficient (Wildman–Crippen LogP) is 2.87. The molecule has 0 spiro atoms. The van der Waals surface area contributed by atoms with E-state index in [2.05, 4.69) is 0 Å². The highest BCUT2D eigenvalue weighted by molar-refractivity contribution is 7.84. The van der Waals surface area contributed by atoms with Crippen molar-refractivity contribution in [2.45, 2.75) is 17.6 Å². The molecule has 0 amide bonds. The molecule has 2 aromatic carbocycles. The van der Waals surface area contributed by atoms with Crippen molar-refractivity contribution in [2.24, 2.45) is 0 Å². The number of carboxylic acids is 1. The number of aryl methyl sites for hydroxylation is 1. The standard InChI is InChI=1S/C16H13NO3S/c1-11-5-6-14(8-15(11)16(18)19)21(20)10-13-4-2-3-12(7-13)9-17/h2-8H,10H2,1H3,(H,18,19). The van der Waals surface area contributed by atoms with Crippen molar-refractivity contribution in [3.05, 3.63) is 64.7 Å². The lowest BCUT2D eigenvalue weighted by atomic mass is 10.1. The summed E-state index contributed by atoms with van der Waals surface area (Å²) < 4.78 is 12.3. The highest BCUT2D eigenvalue weighted by atomic mass is 32.2. The SMILES string of the molecule is Cc1ccc(S(=O)Cc2cccc(C#N)c2)cc1C(=O)O. The Bertz CT molecular complexity index is 762. The van der Waals surface area contributed by atoms with Crippen LogP contribution in [0, 0.1) is 18.3 Å². The topological polar surface area (TPSA) is 78.2 Å². The summed E-state index contributed by atoms with van der Waals surface area (Å²) >= 11 is 0. The van der Waals surface area contributed by atoms with Gasteiger partial charge in [0.15, 0.2) is 0 Å². The molecule has 5 heteroatoms. The molecular formula is C16H13NO3S. The summed E-state index contributed by atoms with van der Waals surface area (Å²) in [6, 6.07) is 13.7. The van der Waals surface area contributed by atoms with E-state index in [-0.39, 0.29) is 11.3 Å². The molecule has 0 saturated heterocycles. The van der Waals surface area contributed by atoms with Gasteiger partial charge in [0.2, 0.25) is 0 Å². The zero-order chi connectivity index (χ0) is 15.4. The molecule has 2 rings (SSSR count). The lowest BCUT2D eigenvalue weighted by Gasteiger charge is -2.06. The van der Waals surface area contributed by atoms with Crippen LogP contribution in [0.3, 0.4) is 0 Å². The van der Waals surface area contributed by atoms with E-state index in [4.69, 9.17) is 10.4 Å². The Morgan fingerprint density at radius 2 is 2.05 bits per heavy atom. The Balaban J connectivity index is 2.26. The van der Waals surface area contributed by atoms with E-state index in [1.165, 1.54) is 6.07 Å². The third-order valence-corrected chi connectivity index (χ3v) is 4.43. The molecule has 1 N–H and O–H groups in total. The minimum atomic E-state index is -1.35. The van der Waals surface area contributed by atoms with Gasteiger partial charge in [-0.25, -0.2) is 4.79 Å². The molecule has 2 aromatic rings. The van der Waals surface area contributed by atoms with Crippen LogP contribution < -0.4 is 0 Å². The summed E-state index contributed by atoms with van der Waals surface area (Å²) in [4.78, 5) is 11.6. The molecule has 0 saturated carbocycles. The highest BCUT2D eigenvalue weighted by Crippen LogP contribution is 2.17. The maximum atomic E-state index is 12.3. The van der Waals surface area contributed by atoms with Gasteiger partial charge in [0.1, 0.15) is 0 Å². The Morgan fingerprint density at radius 1 is 1.29 bits per heavy atom. The van der Waals surface area contributed by atoms with E-state index in [0.29, 0.717) is 16.0 Å². The van der Waals surface area contributed by atoms with Crippen LogP contribution in [0.5, 0.6) is 0 Å². The zero-order valence-electron chi connectivity index (χ0n) is 11.4. The van der Waals surface area contributed by atoms with Gasteiger partial charge in [-0.2, -0.15) is 5.26 Å². The third-order valence-electron chi connectivity index (χ3n) is 3.06. The van der Waals surface area contributed by atoms with Gasteiger partial charge >= 0.3 is 5.97 Å². The van der Waals surface area contributed by atoms with Crippen LogP contribution in [-0.2, 0) is 16.6 Å². The van der Waals surface area contributed by atoms with Gasteiger partial charge < -0.3 is 5.11 Å². The molecule has 0 heterocycles. The van der Waals surface area contributed by atoms with Gasteiger partial charge in [-0.15, -0.1) is 0 Å². The van der Waals surface area contributed by atoms with E-state index in [0.717, 1.165) is 5.56 Å². The molecular weight excluding hydrogens is 286 g/mol. The lowest BCUT2D eigenvalue weighted by Crippen LogP contribution is -2.03. The first-order chi connectivity index (χ1) is 10.0. The second-order valence-corrected chi connectivity index (χ2v) is 6.04. The lowest BCUT2D eigenvalue weighted by molar-refractivity contribution is 0.0696. The summed E-state index contributed by atoms with van der Waals surface area (Å²) in [6.45, 7) is 1.70. The number of hydrogen-bond acceptors (Lipinski definition) is 3. The monoisotopic (exact) mass is 299 g/mol. The fraction of sp³-hybridized carbons (Fsp3) is 0.125. The van der Waals surface area contributed by atoms with Crippen LogP contribution >= 0.6 is 0 Å². The van der Waals surface area contributed by atoms with Crippen molar-refractivity contribution in [2.75, 3.05) is 0 Å². The Labute approximate surface area is 125 Å². The summed E-state index contributed by atoms with van der Waals surface area (Å²) in [5.41, 5.74) is 2.09. The second-order valence-electron chi connectivity index (χ2n) is 4.58. The van der Waals surface area contributed by atoms with E-state index in [1.54, 1.807) is 43.3 Å². The van der Waals surface area contributed by atoms with Crippen molar-refractivity contribution in [1.29, 1.82) is 5.26 Å². The smallest absolute Gasteiger partial charge is 0.335 e. The summed E-state index contributed by atoms with van der Waals surface area (Å²) in [7, 11) is -1.35. The van der Waals surface area contributed by atoms with Crippen LogP contribution in [0.25, 0.3) is 0 Å². The molecule has 106 valence electrons. The van der Waals surface area contributed by atoms with Crippen molar-refractivity contribution in [3.63, 3.8) is 0 Å². The predicted molar refractivity (Wildman–Crippen MR) is 79.4 cm³/mol.